The molecular formula is C28H32N4O3. The van der Waals surface area contributed by atoms with Crippen LogP contribution in [-0.2, 0) is 11.8 Å². The minimum absolute atomic E-state index is 0.00897. The lowest BCUT2D eigenvalue weighted by Gasteiger charge is -2.34. The summed E-state index contributed by atoms with van der Waals surface area (Å²) in [5.41, 5.74) is 4.94. The third kappa shape index (κ3) is 4.02. The zero-order valence-corrected chi connectivity index (χ0v) is 20.4. The standard InChI is InChI=1S/C28H32N4O3/c1-30-26-18-29-25-10-7-20(15-24(25)27(26)32(28(30)33)21-16-23(17-21)34-2)19-5-8-22(9-6-19)35-14-13-31-11-3-4-12-31/h5-10,15,18,21,23H,3-4,11-14,16-17H2,1-2H3. The predicted octanol–water partition coefficient (Wildman–Crippen LogP) is 4.38. The molecule has 2 aliphatic rings. The Morgan fingerprint density at radius 3 is 2.51 bits per heavy atom. The molecule has 0 atom stereocenters. The number of hydrogen-bond acceptors (Lipinski definition) is 5. The number of likely N-dealkylation sites (tertiary alicyclic amines) is 1. The molecule has 0 radical (unpaired) electrons. The molecule has 0 unspecified atom stereocenters. The van der Waals surface area contributed by atoms with Crippen molar-refractivity contribution in [1.29, 1.82) is 0 Å². The molecule has 4 aromatic rings. The third-order valence-corrected chi connectivity index (χ3v) is 7.75. The van der Waals surface area contributed by atoms with Crippen molar-refractivity contribution in [3.05, 3.63) is 59.1 Å². The van der Waals surface area contributed by atoms with Crippen LogP contribution < -0.4 is 10.4 Å². The topological polar surface area (TPSA) is 61.5 Å². The summed E-state index contributed by atoms with van der Waals surface area (Å²) in [6.45, 7) is 4.08. The van der Waals surface area contributed by atoms with Gasteiger partial charge in [0, 0.05) is 32.1 Å². The van der Waals surface area contributed by atoms with E-state index in [-0.39, 0.29) is 17.8 Å². The van der Waals surface area contributed by atoms with Gasteiger partial charge in [0.2, 0.25) is 0 Å². The smallest absolute Gasteiger partial charge is 0.329 e. The number of aryl methyl sites for hydroxylation is 1. The Labute approximate surface area is 204 Å². The number of ether oxygens (including phenoxy) is 2. The van der Waals surface area contributed by atoms with E-state index >= 15 is 0 Å². The monoisotopic (exact) mass is 472 g/mol. The van der Waals surface area contributed by atoms with E-state index in [1.165, 1.54) is 25.9 Å². The number of hydrogen-bond donors (Lipinski definition) is 0. The lowest BCUT2D eigenvalue weighted by Crippen LogP contribution is -2.37. The zero-order valence-electron chi connectivity index (χ0n) is 20.4. The highest BCUT2D eigenvalue weighted by Crippen LogP contribution is 2.37. The molecule has 2 aromatic carbocycles. The Morgan fingerprint density at radius 2 is 1.77 bits per heavy atom. The highest BCUT2D eigenvalue weighted by atomic mass is 16.5. The summed E-state index contributed by atoms with van der Waals surface area (Å²) < 4.78 is 15.1. The molecule has 182 valence electrons. The number of methoxy groups -OCH3 is 1. The molecule has 7 heteroatoms. The molecule has 1 aliphatic heterocycles. The van der Waals surface area contributed by atoms with Crippen molar-refractivity contribution in [3.63, 3.8) is 0 Å². The normalized spacial score (nSPS) is 20.5. The summed E-state index contributed by atoms with van der Waals surface area (Å²) in [7, 11) is 3.57. The fourth-order valence-corrected chi connectivity index (χ4v) is 5.53. The molecule has 2 aromatic heterocycles. The van der Waals surface area contributed by atoms with Gasteiger partial charge in [0.25, 0.3) is 0 Å². The molecule has 1 saturated carbocycles. The Hall–Kier alpha value is -3.16. The molecule has 0 bridgehead atoms. The Balaban J connectivity index is 1.31. The van der Waals surface area contributed by atoms with Crippen molar-refractivity contribution < 1.29 is 9.47 Å². The van der Waals surface area contributed by atoms with Crippen LogP contribution in [0.1, 0.15) is 31.7 Å². The minimum Gasteiger partial charge on any atom is -0.492 e. The SMILES string of the molecule is COC1CC(n2c(=O)n(C)c3cnc4ccc(-c5ccc(OCCN6CCCC6)cc5)cc4c32)C1. The van der Waals surface area contributed by atoms with Crippen LogP contribution >= 0.6 is 0 Å². The summed E-state index contributed by atoms with van der Waals surface area (Å²) in [6.07, 6.45) is 6.36. The number of aromatic nitrogens is 3. The van der Waals surface area contributed by atoms with Gasteiger partial charge in [-0.2, -0.15) is 0 Å². The molecule has 0 amide bonds. The first kappa shape index (κ1) is 22.3. The van der Waals surface area contributed by atoms with Crippen LogP contribution in [-0.4, -0.2) is 58.5 Å². The van der Waals surface area contributed by atoms with Gasteiger partial charge >= 0.3 is 5.69 Å². The average molecular weight is 473 g/mol. The molecular weight excluding hydrogens is 440 g/mol. The Bertz CT molecular complexity index is 1410. The van der Waals surface area contributed by atoms with Crippen LogP contribution in [0, 0.1) is 0 Å². The Kier molecular flexibility index (Phi) is 5.82. The molecule has 0 spiro atoms. The van der Waals surface area contributed by atoms with E-state index in [0.717, 1.165) is 64.8 Å². The predicted molar refractivity (Wildman–Crippen MR) is 138 cm³/mol. The molecule has 7 nitrogen and oxygen atoms in total. The van der Waals surface area contributed by atoms with Gasteiger partial charge in [-0.1, -0.05) is 18.2 Å². The van der Waals surface area contributed by atoms with E-state index in [4.69, 9.17) is 9.47 Å². The summed E-state index contributed by atoms with van der Waals surface area (Å²) in [5.74, 6) is 0.896. The van der Waals surface area contributed by atoms with Crippen LogP contribution in [0.15, 0.2) is 53.5 Å². The second-order valence-electron chi connectivity index (χ2n) is 9.84. The van der Waals surface area contributed by atoms with Crippen molar-refractivity contribution in [3.8, 4) is 16.9 Å². The molecule has 3 heterocycles. The zero-order chi connectivity index (χ0) is 23.9. The number of fused-ring (bicyclic) bond motifs is 3. The van der Waals surface area contributed by atoms with Crippen molar-refractivity contribution in [2.24, 2.45) is 7.05 Å². The number of nitrogens with zero attached hydrogens (tertiary/aromatic N) is 4. The first-order valence-electron chi connectivity index (χ1n) is 12.6. The van der Waals surface area contributed by atoms with E-state index in [9.17, 15) is 4.79 Å². The van der Waals surface area contributed by atoms with Crippen molar-refractivity contribution in [1.82, 2.24) is 19.0 Å². The van der Waals surface area contributed by atoms with E-state index in [2.05, 4.69) is 34.1 Å². The summed E-state index contributed by atoms with van der Waals surface area (Å²) in [5, 5.41) is 1.00. The summed E-state index contributed by atoms with van der Waals surface area (Å²) >= 11 is 0. The number of imidazole rings is 1. The molecule has 6 rings (SSSR count). The second-order valence-corrected chi connectivity index (χ2v) is 9.84. The maximum Gasteiger partial charge on any atom is 0.329 e. The van der Waals surface area contributed by atoms with Crippen molar-refractivity contribution in [2.75, 3.05) is 33.4 Å². The number of benzene rings is 2. The van der Waals surface area contributed by atoms with Crippen LogP contribution in [0.25, 0.3) is 33.1 Å². The van der Waals surface area contributed by atoms with Gasteiger partial charge < -0.3 is 9.47 Å². The van der Waals surface area contributed by atoms with Crippen LogP contribution in [0.4, 0.5) is 0 Å². The molecule has 1 aliphatic carbocycles. The first-order chi connectivity index (χ1) is 17.1. The number of pyridine rings is 1. The summed E-state index contributed by atoms with van der Waals surface area (Å²) in [6, 6.07) is 14.8. The van der Waals surface area contributed by atoms with Crippen LogP contribution in [0.5, 0.6) is 5.75 Å². The van der Waals surface area contributed by atoms with E-state index < -0.39 is 0 Å². The second kappa shape index (κ2) is 9.13. The fourth-order valence-electron chi connectivity index (χ4n) is 5.53. The van der Waals surface area contributed by atoms with Crippen LogP contribution in [0.2, 0.25) is 0 Å². The van der Waals surface area contributed by atoms with Gasteiger partial charge in [-0.3, -0.25) is 19.0 Å². The van der Waals surface area contributed by atoms with Crippen LogP contribution in [0.3, 0.4) is 0 Å². The minimum atomic E-state index is 0.00897. The number of rotatable bonds is 7. The fraction of sp³-hybridized carbons (Fsp3) is 0.429. The lowest BCUT2D eigenvalue weighted by atomic mass is 9.89. The quantitative estimate of drug-likeness (QED) is 0.400. The van der Waals surface area contributed by atoms with Gasteiger partial charge in [-0.15, -0.1) is 0 Å². The van der Waals surface area contributed by atoms with Gasteiger partial charge in [-0.25, -0.2) is 4.79 Å². The first-order valence-corrected chi connectivity index (χ1v) is 12.6. The highest BCUT2D eigenvalue weighted by molar-refractivity contribution is 6.04. The highest BCUT2D eigenvalue weighted by Gasteiger charge is 2.33. The molecule has 0 N–H and O–H groups in total. The molecule has 2 fully saturated rings. The lowest BCUT2D eigenvalue weighted by molar-refractivity contribution is 0.00635. The van der Waals surface area contributed by atoms with Gasteiger partial charge in [0.05, 0.1) is 28.9 Å². The van der Waals surface area contributed by atoms with Crippen molar-refractivity contribution in [2.45, 2.75) is 37.8 Å². The molecule has 35 heavy (non-hydrogen) atoms. The van der Waals surface area contributed by atoms with Crippen molar-refractivity contribution >= 4 is 21.9 Å². The molecule has 1 saturated heterocycles. The average Bonchev–Trinajstić information content (AvgIpc) is 3.46. The Morgan fingerprint density at radius 1 is 1.03 bits per heavy atom. The third-order valence-electron chi connectivity index (χ3n) is 7.75. The summed E-state index contributed by atoms with van der Waals surface area (Å²) in [4.78, 5) is 20.3. The van der Waals surface area contributed by atoms with Gasteiger partial charge in [0.1, 0.15) is 12.4 Å². The van der Waals surface area contributed by atoms with Gasteiger partial charge in [-0.05, 0) is 74.2 Å². The van der Waals surface area contributed by atoms with E-state index in [0.29, 0.717) is 0 Å². The maximum absolute atomic E-state index is 13.2. The van der Waals surface area contributed by atoms with E-state index in [1.54, 1.807) is 11.7 Å². The maximum atomic E-state index is 13.2. The largest absolute Gasteiger partial charge is 0.492 e. The van der Waals surface area contributed by atoms with Gasteiger partial charge in [0.15, 0.2) is 0 Å². The van der Waals surface area contributed by atoms with E-state index in [1.807, 2.05) is 36.0 Å².